The molecule has 0 bridgehead atoms. The SMILES string of the molecule is COc1ccc(-c2cc([N+](=O)[O-])ccc2OCC(=O)N(C)CC(=O)NC2CC2)cc1. The highest BCUT2D eigenvalue weighted by atomic mass is 16.6. The second-order valence-electron chi connectivity index (χ2n) is 7.05. The van der Waals surface area contributed by atoms with E-state index in [1.165, 1.54) is 30.1 Å². The molecule has 1 fully saturated rings. The first-order chi connectivity index (χ1) is 14.4. The minimum Gasteiger partial charge on any atom is -0.497 e. The molecule has 9 heteroatoms. The van der Waals surface area contributed by atoms with Gasteiger partial charge in [-0.2, -0.15) is 0 Å². The number of amides is 2. The van der Waals surface area contributed by atoms with E-state index in [2.05, 4.69) is 5.32 Å². The van der Waals surface area contributed by atoms with Gasteiger partial charge in [-0.05, 0) is 36.6 Å². The fraction of sp³-hybridized carbons (Fsp3) is 0.333. The average molecular weight is 413 g/mol. The van der Waals surface area contributed by atoms with E-state index in [1.807, 2.05) is 0 Å². The first kappa shape index (κ1) is 21.1. The van der Waals surface area contributed by atoms with E-state index in [4.69, 9.17) is 9.47 Å². The van der Waals surface area contributed by atoms with Gasteiger partial charge in [-0.1, -0.05) is 12.1 Å². The zero-order valence-corrected chi connectivity index (χ0v) is 16.8. The molecule has 158 valence electrons. The summed E-state index contributed by atoms with van der Waals surface area (Å²) in [5.41, 5.74) is 1.07. The third-order valence-electron chi connectivity index (χ3n) is 4.68. The van der Waals surface area contributed by atoms with Crippen LogP contribution >= 0.6 is 0 Å². The van der Waals surface area contributed by atoms with E-state index in [1.54, 1.807) is 31.4 Å². The van der Waals surface area contributed by atoms with Crippen LogP contribution in [0.5, 0.6) is 11.5 Å². The zero-order chi connectivity index (χ0) is 21.7. The number of carbonyl (C=O) groups excluding carboxylic acids is 2. The summed E-state index contributed by atoms with van der Waals surface area (Å²) in [6.07, 6.45) is 1.95. The molecule has 0 aromatic heterocycles. The summed E-state index contributed by atoms with van der Waals surface area (Å²) in [7, 11) is 3.07. The molecule has 1 saturated carbocycles. The molecule has 0 atom stereocenters. The first-order valence-electron chi connectivity index (χ1n) is 9.46. The lowest BCUT2D eigenvalue weighted by molar-refractivity contribution is -0.384. The van der Waals surface area contributed by atoms with Crippen LogP contribution < -0.4 is 14.8 Å². The summed E-state index contributed by atoms with van der Waals surface area (Å²) >= 11 is 0. The van der Waals surface area contributed by atoms with Gasteiger partial charge in [0.05, 0.1) is 18.6 Å². The lowest BCUT2D eigenvalue weighted by Crippen LogP contribution is -2.40. The smallest absolute Gasteiger partial charge is 0.270 e. The number of ether oxygens (including phenoxy) is 2. The predicted molar refractivity (Wildman–Crippen MR) is 109 cm³/mol. The number of carbonyl (C=O) groups is 2. The van der Waals surface area contributed by atoms with E-state index < -0.39 is 4.92 Å². The van der Waals surface area contributed by atoms with Crippen LogP contribution in [0.15, 0.2) is 42.5 Å². The first-order valence-corrected chi connectivity index (χ1v) is 9.46. The third-order valence-corrected chi connectivity index (χ3v) is 4.68. The highest BCUT2D eigenvalue weighted by Crippen LogP contribution is 2.34. The highest BCUT2D eigenvalue weighted by Gasteiger charge is 2.24. The van der Waals surface area contributed by atoms with E-state index in [9.17, 15) is 19.7 Å². The van der Waals surface area contributed by atoms with Crippen molar-refractivity contribution in [2.45, 2.75) is 18.9 Å². The molecule has 3 rings (SSSR count). The Morgan fingerprint density at radius 1 is 1.20 bits per heavy atom. The van der Waals surface area contributed by atoms with Gasteiger partial charge < -0.3 is 19.7 Å². The maximum absolute atomic E-state index is 12.4. The molecule has 0 aliphatic heterocycles. The van der Waals surface area contributed by atoms with E-state index in [-0.39, 0.29) is 36.7 Å². The Bertz CT molecular complexity index is 940. The van der Waals surface area contributed by atoms with Gasteiger partial charge in [0, 0.05) is 30.8 Å². The summed E-state index contributed by atoms with van der Waals surface area (Å²) in [5.74, 6) is 0.394. The van der Waals surface area contributed by atoms with Crippen molar-refractivity contribution in [2.24, 2.45) is 0 Å². The summed E-state index contributed by atoms with van der Waals surface area (Å²) in [6.45, 7) is -0.349. The van der Waals surface area contributed by atoms with Crippen LogP contribution in [0.1, 0.15) is 12.8 Å². The molecule has 0 heterocycles. The van der Waals surface area contributed by atoms with Crippen LogP contribution in [0.4, 0.5) is 5.69 Å². The average Bonchev–Trinajstić information content (AvgIpc) is 3.55. The summed E-state index contributed by atoms with van der Waals surface area (Å²) in [5, 5.41) is 14.0. The number of nitro benzene ring substituents is 1. The molecule has 1 aliphatic rings. The Morgan fingerprint density at radius 2 is 1.90 bits per heavy atom. The van der Waals surface area contributed by atoms with Gasteiger partial charge in [-0.3, -0.25) is 19.7 Å². The quantitative estimate of drug-likeness (QED) is 0.499. The van der Waals surface area contributed by atoms with Gasteiger partial charge in [0.25, 0.3) is 11.6 Å². The standard InChI is InChI=1S/C21H23N3O6/c1-23(12-20(25)22-15-5-6-15)21(26)13-30-19-10-7-16(24(27)28)11-18(19)14-3-8-17(29-2)9-4-14/h3-4,7-11,15H,5-6,12-13H2,1-2H3,(H,22,25). The predicted octanol–water partition coefficient (Wildman–Crippen LogP) is 2.39. The van der Waals surface area contributed by atoms with E-state index >= 15 is 0 Å². The zero-order valence-electron chi connectivity index (χ0n) is 16.8. The van der Waals surface area contributed by atoms with Crippen molar-refractivity contribution < 1.29 is 24.0 Å². The molecule has 0 unspecified atom stereocenters. The number of likely N-dealkylation sites (N-methyl/N-ethyl adjacent to an activating group) is 1. The fourth-order valence-corrected chi connectivity index (χ4v) is 2.81. The fourth-order valence-electron chi connectivity index (χ4n) is 2.81. The number of methoxy groups -OCH3 is 1. The number of rotatable bonds is 9. The van der Waals surface area contributed by atoms with Crippen molar-refractivity contribution in [1.29, 1.82) is 0 Å². The van der Waals surface area contributed by atoms with Gasteiger partial charge in [0.2, 0.25) is 5.91 Å². The number of hydrogen-bond donors (Lipinski definition) is 1. The molecule has 2 aromatic rings. The Morgan fingerprint density at radius 3 is 2.50 bits per heavy atom. The molecule has 2 amide bonds. The molecular formula is C21H23N3O6. The minimum atomic E-state index is -0.492. The second-order valence-corrected chi connectivity index (χ2v) is 7.05. The van der Waals surface area contributed by atoms with Gasteiger partial charge in [0.15, 0.2) is 6.61 Å². The van der Waals surface area contributed by atoms with Crippen molar-refractivity contribution in [3.63, 3.8) is 0 Å². The number of non-ortho nitro benzene ring substituents is 1. The van der Waals surface area contributed by atoms with Gasteiger partial charge in [0.1, 0.15) is 11.5 Å². The summed E-state index contributed by atoms with van der Waals surface area (Å²) in [6, 6.07) is 11.4. The molecule has 30 heavy (non-hydrogen) atoms. The maximum Gasteiger partial charge on any atom is 0.270 e. The van der Waals surface area contributed by atoms with Crippen molar-refractivity contribution in [2.75, 3.05) is 27.3 Å². The summed E-state index contributed by atoms with van der Waals surface area (Å²) in [4.78, 5) is 36.2. The van der Waals surface area contributed by atoms with Crippen molar-refractivity contribution in [3.05, 3.63) is 52.6 Å². The molecule has 0 radical (unpaired) electrons. The van der Waals surface area contributed by atoms with E-state index in [0.29, 0.717) is 22.6 Å². The van der Waals surface area contributed by atoms with Crippen LogP contribution in [-0.4, -0.2) is 55.0 Å². The molecular weight excluding hydrogens is 390 g/mol. The van der Waals surface area contributed by atoms with Gasteiger partial charge in [-0.15, -0.1) is 0 Å². The Balaban J connectivity index is 1.71. The normalized spacial score (nSPS) is 12.7. The van der Waals surface area contributed by atoms with Crippen LogP contribution in [0.3, 0.4) is 0 Å². The topological polar surface area (TPSA) is 111 Å². The number of nitrogens with zero attached hydrogens (tertiary/aromatic N) is 2. The van der Waals surface area contributed by atoms with Crippen molar-refractivity contribution in [1.82, 2.24) is 10.2 Å². The lowest BCUT2D eigenvalue weighted by atomic mass is 10.0. The van der Waals surface area contributed by atoms with Gasteiger partial charge in [-0.25, -0.2) is 0 Å². The lowest BCUT2D eigenvalue weighted by Gasteiger charge is -2.18. The van der Waals surface area contributed by atoms with Crippen LogP contribution in [-0.2, 0) is 9.59 Å². The Kier molecular flexibility index (Phi) is 6.51. The van der Waals surface area contributed by atoms with Gasteiger partial charge >= 0.3 is 0 Å². The number of benzene rings is 2. The molecule has 9 nitrogen and oxygen atoms in total. The second kappa shape index (κ2) is 9.25. The summed E-state index contributed by atoms with van der Waals surface area (Å²) < 4.78 is 10.8. The van der Waals surface area contributed by atoms with Crippen molar-refractivity contribution in [3.8, 4) is 22.6 Å². The molecule has 1 N–H and O–H groups in total. The third kappa shape index (κ3) is 5.47. The van der Waals surface area contributed by atoms with Crippen LogP contribution in [0.25, 0.3) is 11.1 Å². The van der Waals surface area contributed by atoms with Crippen LogP contribution in [0, 0.1) is 10.1 Å². The minimum absolute atomic E-state index is 0.0513. The molecule has 2 aromatic carbocycles. The Labute approximate surface area is 173 Å². The monoisotopic (exact) mass is 413 g/mol. The number of nitrogens with one attached hydrogen (secondary N) is 1. The van der Waals surface area contributed by atoms with Crippen molar-refractivity contribution >= 4 is 17.5 Å². The highest BCUT2D eigenvalue weighted by molar-refractivity contribution is 5.85. The molecule has 1 aliphatic carbocycles. The largest absolute Gasteiger partial charge is 0.497 e. The molecule has 0 spiro atoms. The molecule has 0 saturated heterocycles. The maximum atomic E-state index is 12.4. The van der Waals surface area contributed by atoms with E-state index in [0.717, 1.165) is 12.8 Å². The number of hydrogen-bond acceptors (Lipinski definition) is 6. The Hall–Kier alpha value is -3.62. The van der Waals surface area contributed by atoms with Crippen LogP contribution in [0.2, 0.25) is 0 Å². The number of nitro groups is 1.